The topological polar surface area (TPSA) is 73.4 Å². The minimum atomic E-state index is -0.121. The summed E-state index contributed by atoms with van der Waals surface area (Å²) in [4.78, 5) is 20.3. The molecule has 1 aromatic carbocycles. The molecule has 4 rings (SSSR count). The van der Waals surface area contributed by atoms with Gasteiger partial charge in [-0.25, -0.2) is 4.98 Å². The summed E-state index contributed by atoms with van der Waals surface area (Å²) < 4.78 is 7.40. The van der Waals surface area contributed by atoms with Crippen LogP contribution in [0, 0.1) is 5.41 Å². The first-order chi connectivity index (χ1) is 13.8. The van der Waals surface area contributed by atoms with E-state index in [2.05, 4.69) is 9.88 Å². The molecule has 2 saturated heterocycles. The van der Waals surface area contributed by atoms with Crippen molar-refractivity contribution in [3.8, 4) is 0 Å². The first-order valence-electron chi connectivity index (χ1n) is 9.62. The smallest absolute Gasteiger partial charge is 0.294 e. The summed E-state index contributed by atoms with van der Waals surface area (Å²) in [6.45, 7) is 4.23. The standard InChI is InChI=1S/C20H24Cl2N4O2S/c1-12-17(23)20(11-28-12)6-8-26(9-7-20)18-19(27)25(2)15(10-24-18)29-14-5-3-4-13(21)16(14)22/h3-5,10,12,17H,6-9,11,23H2,1-2H3/t12-,17+/m0/s1. The Morgan fingerprint density at radius 2 is 2.03 bits per heavy atom. The SMILES string of the molecule is C[C@@H]1OCC2(CCN(c3ncc(Sc4cccc(Cl)c4Cl)n(C)c3=O)CC2)[C@@H]1N. The molecule has 0 saturated carbocycles. The third-order valence-electron chi connectivity index (χ3n) is 6.16. The van der Waals surface area contributed by atoms with Gasteiger partial charge in [-0.3, -0.25) is 4.79 Å². The Kier molecular flexibility index (Phi) is 5.88. The van der Waals surface area contributed by atoms with Gasteiger partial charge in [-0.1, -0.05) is 41.0 Å². The van der Waals surface area contributed by atoms with E-state index >= 15 is 0 Å². The van der Waals surface area contributed by atoms with Gasteiger partial charge >= 0.3 is 0 Å². The lowest BCUT2D eigenvalue weighted by atomic mass is 9.73. The quantitative estimate of drug-likeness (QED) is 0.763. The van der Waals surface area contributed by atoms with Crippen molar-refractivity contribution in [2.24, 2.45) is 18.2 Å². The average Bonchev–Trinajstić information content (AvgIpc) is 2.98. The number of piperidine rings is 1. The Morgan fingerprint density at radius 3 is 2.69 bits per heavy atom. The molecule has 0 radical (unpaired) electrons. The molecular weight excluding hydrogens is 431 g/mol. The molecule has 0 aliphatic carbocycles. The molecule has 1 spiro atoms. The first-order valence-corrected chi connectivity index (χ1v) is 11.2. The highest BCUT2D eigenvalue weighted by molar-refractivity contribution is 7.99. The van der Waals surface area contributed by atoms with E-state index in [1.54, 1.807) is 23.9 Å². The lowest BCUT2D eigenvalue weighted by Gasteiger charge is -2.41. The fraction of sp³-hybridized carbons (Fsp3) is 0.500. The van der Waals surface area contributed by atoms with E-state index in [1.807, 2.05) is 19.1 Å². The number of rotatable bonds is 3. The van der Waals surface area contributed by atoms with Crippen LogP contribution in [0.3, 0.4) is 0 Å². The molecule has 1 aromatic heterocycles. The first kappa shape index (κ1) is 21.0. The third-order valence-corrected chi connectivity index (χ3v) is 8.24. The lowest BCUT2D eigenvalue weighted by Crippen LogP contribution is -2.51. The highest BCUT2D eigenvalue weighted by Gasteiger charge is 2.47. The molecule has 6 nitrogen and oxygen atoms in total. The highest BCUT2D eigenvalue weighted by atomic mass is 35.5. The predicted molar refractivity (Wildman–Crippen MR) is 117 cm³/mol. The number of anilines is 1. The fourth-order valence-corrected chi connectivity index (χ4v) is 5.50. The van der Waals surface area contributed by atoms with Crippen LogP contribution in [0.25, 0.3) is 0 Å². The largest absolute Gasteiger partial charge is 0.376 e. The van der Waals surface area contributed by atoms with Crippen LogP contribution in [0.1, 0.15) is 19.8 Å². The van der Waals surface area contributed by atoms with Crippen LogP contribution in [0.4, 0.5) is 5.82 Å². The van der Waals surface area contributed by atoms with Crippen LogP contribution in [0.15, 0.2) is 39.1 Å². The summed E-state index contributed by atoms with van der Waals surface area (Å²) >= 11 is 13.7. The zero-order chi connectivity index (χ0) is 20.8. The van der Waals surface area contributed by atoms with Crippen LogP contribution in [0.2, 0.25) is 10.0 Å². The number of nitrogens with zero attached hydrogens (tertiary/aromatic N) is 3. The maximum Gasteiger partial charge on any atom is 0.294 e. The Balaban J connectivity index is 1.53. The van der Waals surface area contributed by atoms with E-state index in [0.29, 0.717) is 27.5 Å². The molecule has 29 heavy (non-hydrogen) atoms. The second-order valence-electron chi connectivity index (χ2n) is 7.83. The summed E-state index contributed by atoms with van der Waals surface area (Å²) in [6.07, 6.45) is 3.60. The molecule has 2 aromatic rings. The van der Waals surface area contributed by atoms with Crippen LogP contribution >= 0.6 is 35.0 Å². The Bertz CT molecular complexity index is 975. The van der Waals surface area contributed by atoms with Gasteiger partial charge in [0.15, 0.2) is 5.82 Å². The molecule has 156 valence electrons. The van der Waals surface area contributed by atoms with E-state index in [-0.39, 0.29) is 23.1 Å². The van der Waals surface area contributed by atoms with Gasteiger partial charge < -0.3 is 19.9 Å². The van der Waals surface area contributed by atoms with Crippen molar-refractivity contribution >= 4 is 40.8 Å². The molecule has 0 unspecified atom stereocenters. The number of hydrogen-bond acceptors (Lipinski definition) is 6. The van der Waals surface area contributed by atoms with Crippen molar-refractivity contribution in [2.45, 2.75) is 41.8 Å². The third kappa shape index (κ3) is 3.79. The molecule has 0 bridgehead atoms. The molecule has 0 amide bonds. The van der Waals surface area contributed by atoms with E-state index < -0.39 is 0 Å². The highest BCUT2D eigenvalue weighted by Crippen LogP contribution is 2.41. The Morgan fingerprint density at radius 1 is 1.31 bits per heavy atom. The monoisotopic (exact) mass is 454 g/mol. The van der Waals surface area contributed by atoms with Gasteiger partial charge in [0, 0.05) is 36.5 Å². The van der Waals surface area contributed by atoms with E-state index in [9.17, 15) is 4.79 Å². The van der Waals surface area contributed by atoms with Gasteiger partial charge in [0.1, 0.15) is 5.03 Å². The summed E-state index contributed by atoms with van der Waals surface area (Å²) in [5, 5.41) is 1.66. The van der Waals surface area contributed by atoms with E-state index in [1.165, 1.54) is 11.8 Å². The second-order valence-corrected chi connectivity index (χ2v) is 9.68. The molecule has 2 aliphatic heterocycles. The number of nitrogens with two attached hydrogens (primary N) is 1. The van der Waals surface area contributed by atoms with Crippen molar-refractivity contribution in [1.29, 1.82) is 0 Å². The molecule has 9 heteroatoms. The minimum Gasteiger partial charge on any atom is -0.376 e. The normalized spacial score (nSPS) is 23.7. The van der Waals surface area contributed by atoms with E-state index in [0.717, 1.165) is 30.8 Å². The summed E-state index contributed by atoms with van der Waals surface area (Å²) in [5.74, 6) is 0.476. The number of hydrogen-bond donors (Lipinski definition) is 1. The summed E-state index contributed by atoms with van der Waals surface area (Å²) in [7, 11) is 1.75. The maximum absolute atomic E-state index is 13.0. The maximum atomic E-state index is 13.0. The second kappa shape index (κ2) is 8.12. The number of halogens is 2. The zero-order valence-corrected chi connectivity index (χ0v) is 18.7. The van der Waals surface area contributed by atoms with Gasteiger partial charge in [0.2, 0.25) is 0 Å². The zero-order valence-electron chi connectivity index (χ0n) is 16.4. The lowest BCUT2D eigenvalue weighted by molar-refractivity contribution is 0.0974. The Labute approximate surface area is 184 Å². The molecule has 2 N–H and O–H groups in total. The van der Waals surface area contributed by atoms with Gasteiger partial charge in [0.05, 0.1) is 29.0 Å². The minimum absolute atomic E-state index is 0.0142. The number of aromatic nitrogens is 2. The Hall–Kier alpha value is -1.25. The molecule has 2 fully saturated rings. The molecule has 2 aliphatic rings. The summed E-state index contributed by atoms with van der Waals surface area (Å²) in [6, 6.07) is 5.48. The number of benzene rings is 1. The predicted octanol–water partition coefficient (Wildman–Crippen LogP) is 3.57. The van der Waals surface area contributed by atoms with Gasteiger partial charge in [-0.2, -0.15) is 0 Å². The van der Waals surface area contributed by atoms with E-state index in [4.69, 9.17) is 33.7 Å². The van der Waals surface area contributed by atoms with Crippen molar-refractivity contribution in [2.75, 3.05) is 24.6 Å². The van der Waals surface area contributed by atoms with Gasteiger partial charge in [0.25, 0.3) is 5.56 Å². The van der Waals surface area contributed by atoms with Crippen molar-refractivity contribution in [1.82, 2.24) is 9.55 Å². The van der Waals surface area contributed by atoms with Crippen LogP contribution in [0.5, 0.6) is 0 Å². The average molecular weight is 455 g/mol. The fourth-order valence-electron chi connectivity index (χ4n) is 4.13. The molecule has 3 heterocycles. The molecular formula is C20H24Cl2N4O2S. The van der Waals surface area contributed by atoms with Gasteiger partial charge in [-0.05, 0) is 31.9 Å². The van der Waals surface area contributed by atoms with Crippen molar-refractivity contribution < 1.29 is 4.74 Å². The number of ether oxygens (including phenoxy) is 1. The van der Waals surface area contributed by atoms with Crippen LogP contribution in [-0.4, -0.2) is 41.4 Å². The van der Waals surface area contributed by atoms with Crippen molar-refractivity contribution in [3.05, 3.63) is 44.8 Å². The van der Waals surface area contributed by atoms with Crippen molar-refractivity contribution in [3.63, 3.8) is 0 Å². The molecule has 2 atom stereocenters. The van der Waals surface area contributed by atoms with Crippen LogP contribution < -0.4 is 16.2 Å². The van der Waals surface area contributed by atoms with Crippen LogP contribution in [-0.2, 0) is 11.8 Å². The summed E-state index contributed by atoms with van der Waals surface area (Å²) in [5.41, 5.74) is 6.29. The van der Waals surface area contributed by atoms with Gasteiger partial charge in [-0.15, -0.1) is 0 Å².